The van der Waals surface area contributed by atoms with Gasteiger partial charge in [-0.25, -0.2) is 0 Å². The van der Waals surface area contributed by atoms with Crippen LogP contribution in [0.3, 0.4) is 0 Å². The Morgan fingerprint density at radius 2 is 1.89 bits per heavy atom. The van der Waals surface area contributed by atoms with Crippen molar-refractivity contribution in [3.63, 3.8) is 0 Å². The number of hydrogen-bond donors (Lipinski definition) is 1. The van der Waals surface area contributed by atoms with E-state index in [1.165, 1.54) is 0 Å². The Kier molecular flexibility index (Phi) is 4.00. The summed E-state index contributed by atoms with van der Waals surface area (Å²) in [6.45, 7) is 6.08. The first-order valence-corrected chi connectivity index (χ1v) is 6.41. The van der Waals surface area contributed by atoms with Gasteiger partial charge in [0, 0.05) is 17.7 Å². The molecule has 1 aromatic heterocycles. The molecule has 0 saturated heterocycles. The zero-order valence-corrected chi connectivity index (χ0v) is 11.4. The fourth-order valence-electron chi connectivity index (χ4n) is 1.57. The minimum atomic E-state index is -0.226. The molecular weight excluding hydrogens is 240 g/mol. The van der Waals surface area contributed by atoms with E-state index in [1.54, 1.807) is 6.07 Å². The molecule has 0 fully saturated rings. The smallest absolute Gasteiger partial charge is 0.290 e. The molecule has 2 aromatic rings. The molecule has 1 amide bonds. The standard InChI is InChI=1S/C15H18N2O2/c1-10(2)11(3)16-15(18)14-9-13(17-19-14)12-7-5-4-6-8-12/h4-11H,1-3H3,(H,16,18)/t11-/m1/s1. The second-order valence-electron chi connectivity index (χ2n) is 4.95. The summed E-state index contributed by atoms with van der Waals surface area (Å²) in [6, 6.07) is 11.4. The lowest BCUT2D eigenvalue weighted by atomic mass is 10.1. The molecule has 2 rings (SSSR count). The Morgan fingerprint density at radius 3 is 2.53 bits per heavy atom. The molecule has 0 aliphatic heterocycles. The van der Waals surface area contributed by atoms with Crippen molar-refractivity contribution in [2.45, 2.75) is 26.8 Å². The Bertz CT molecular complexity index is 546. The molecule has 19 heavy (non-hydrogen) atoms. The van der Waals surface area contributed by atoms with E-state index in [0.717, 1.165) is 5.56 Å². The number of amides is 1. The average Bonchev–Trinajstić information content (AvgIpc) is 2.89. The molecule has 0 bridgehead atoms. The molecule has 4 heteroatoms. The number of carbonyl (C=O) groups excluding carboxylic acids is 1. The van der Waals surface area contributed by atoms with Crippen molar-refractivity contribution in [1.29, 1.82) is 0 Å². The van der Waals surface area contributed by atoms with Crippen LogP contribution in [0.1, 0.15) is 31.3 Å². The maximum Gasteiger partial charge on any atom is 0.290 e. The van der Waals surface area contributed by atoms with Crippen molar-refractivity contribution in [3.05, 3.63) is 42.2 Å². The predicted molar refractivity (Wildman–Crippen MR) is 73.7 cm³/mol. The van der Waals surface area contributed by atoms with Crippen molar-refractivity contribution < 1.29 is 9.32 Å². The van der Waals surface area contributed by atoms with E-state index in [2.05, 4.69) is 24.3 Å². The molecule has 0 aliphatic rings. The third-order valence-corrected chi connectivity index (χ3v) is 3.16. The Balaban J connectivity index is 2.11. The number of benzene rings is 1. The summed E-state index contributed by atoms with van der Waals surface area (Å²) in [6.07, 6.45) is 0. The average molecular weight is 258 g/mol. The first-order valence-electron chi connectivity index (χ1n) is 6.41. The van der Waals surface area contributed by atoms with E-state index in [-0.39, 0.29) is 17.7 Å². The second kappa shape index (κ2) is 5.69. The van der Waals surface area contributed by atoms with Crippen LogP contribution in [0.4, 0.5) is 0 Å². The fourth-order valence-corrected chi connectivity index (χ4v) is 1.57. The van der Waals surface area contributed by atoms with Crippen molar-refractivity contribution in [2.24, 2.45) is 5.92 Å². The van der Waals surface area contributed by atoms with Gasteiger partial charge in [0.25, 0.3) is 5.91 Å². The van der Waals surface area contributed by atoms with Gasteiger partial charge < -0.3 is 9.84 Å². The van der Waals surface area contributed by atoms with Gasteiger partial charge in [0.15, 0.2) is 0 Å². The molecule has 0 spiro atoms. The maximum atomic E-state index is 12.0. The van der Waals surface area contributed by atoms with E-state index in [4.69, 9.17) is 4.52 Å². The number of nitrogens with one attached hydrogen (secondary N) is 1. The van der Waals surface area contributed by atoms with Crippen LogP contribution in [0.2, 0.25) is 0 Å². The molecule has 0 aliphatic carbocycles. The van der Waals surface area contributed by atoms with Gasteiger partial charge in [-0.15, -0.1) is 0 Å². The summed E-state index contributed by atoms with van der Waals surface area (Å²) in [7, 11) is 0. The second-order valence-corrected chi connectivity index (χ2v) is 4.95. The number of aromatic nitrogens is 1. The molecule has 4 nitrogen and oxygen atoms in total. The van der Waals surface area contributed by atoms with Gasteiger partial charge in [0.2, 0.25) is 5.76 Å². The molecule has 100 valence electrons. The zero-order valence-electron chi connectivity index (χ0n) is 11.4. The maximum absolute atomic E-state index is 12.0. The summed E-state index contributed by atoms with van der Waals surface area (Å²) < 4.78 is 5.10. The van der Waals surface area contributed by atoms with Crippen LogP contribution in [0, 0.1) is 5.92 Å². The van der Waals surface area contributed by atoms with E-state index >= 15 is 0 Å². The predicted octanol–water partition coefficient (Wildman–Crippen LogP) is 3.12. The summed E-state index contributed by atoms with van der Waals surface area (Å²) in [5.41, 5.74) is 1.60. The third-order valence-electron chi connectivity index (χ3n) is 3.16. The highest BCUT2D eigenvalue weighted by molar-refractivity contribution is 5.92. The topological polar surface area (TPSA) is 55.1 Å². The van der Waals surface area contributed by atoms with Crippen LogP contribution in [0.5, 0.6) is 0 Å². The highest BCUT2D eigenvalue weighted by Gasteiger charge is 2.17. The Morgan fingerprint density at radius 1 is 1.21 bits per heavy atom. The van der Waals surface area contributed by atoms with Gasteiger partial charge in [-0.2, -0.15) is 0 Å². The molecule has 1 atom stereocenters. The molecule has 1 aromatic carbocycles. The number of carbonyl (C=O) groups is 1. The Labute approximate surface area is 112 Å². The van der Waals surface area contributed by atoms with Crippen molar-refractivity contribution in [3.8, 4) is 11.3 Å². The zero-order chi connectivity index (χ0) is 13.8. The third kappa shape index (κ3) is 3.22. The summed E-state index contributed by atoms with van der Waals surface area (Å²) >= 11 is 0. The van der Waals surface area contributed by atoms with Crippen molar-refractivity contribution in [2.75, 3.05) is 0 Å². The fraction of sp³-hybridized carbons (Fsp3) is 0.333. The highest BCUT2D eigenvalue weighted by Crippen LogP contribution is 2.18. The van der Waals surface area contributed by atoms with Crippen LogP contribution in [0.15, 0.2) is 40.9 Å². The molecule has 1 heterocycles. The molecule has 0 saturated carbocycles. The quantitative estimate of drug-likeness (QED) is 0.916. The van der Waals surface area contributed by atoms with Crippen molar-refractivity contribution >= 4 is 5.91 Å². The normalized spacial score (nSPS) is 12.4. The lowest BCUT2D eigenvalue weighted by Gasteiger charge is -2.15. The molecule has 1 N–H and O–H groups in total. The Hall–Kier alpha value is -2.10. The molecule has 0 unspecified atom stereocenters. The SMILES string of the molecule is CC(C)[C@@H](C)NC(=O)c1cc(-c2ccccc2)no1. The number of rotatable bonds is 4. The van der Waals surface area contributed by atoms with Crippen LogP contribution in [0.25, 0.3) is 11.3 Å². The van der Waals surface area contributed by atoms with Gasteiger partial charge in [-0.1, -0.05) is 49.3 Å². The summed E-state index contributed by atoms with van der Waals surface area (Å²) in [5, 5.41) is 6.81. The lowest BCUT2D eigenvalue weighted by molar-refractivity contribution is 0.0893. The van der Waals surface area contributed by atoms with Crippen LogP contribution in [-0.4, -0.2) is 17.1 Å². The van der Waals surface area contributed by atoms with Crippen LogP contribution < -0.4 is 5.32 Å². The first-order chi connectivity index (χ1) is 9.08. The van der Waals surface area contributed by atoms with E-state index in [9.17, 15) is 4.79 Å². The minimum Gasteiger partial charge on any atom is -0.350 e. The van der Waals surface area contributed by atoms with E-state index in [1.807, 2.05) is 37.3 Å². The van der Waals surface area contributed by atoms with E-state index < -0.39 is 0 Å². The molecular formula is C15H18N2O2. The minimum absolute atomic E-state index is 0.0952. The number of hydrogen-bond acceptors (Lipinski definition) is 3. The summed E-state index contributed by atoms with van der Waals surface area (Å²) in [5.74, 6) is 0.391. The van der Waals surface area contributed by atoms with Gasteiger partial charge in [0.05, 0.1) is 0 Å². The van der Waals surface area contributed by atoms with Crippen molar-refractivity contribution in [1.82, 2.24) is 10.5 Å². The van der Waals surface area contributed by atoms with Gasteiger partial charge in [0.1, 0.15) is 5.69 Å². The van der Waals surface area contributed by atoms with E-state index in [0.29, 0.717) is 11.6 Å². The highest BCUT2D eigenvalue weighted by atomic mass is 16.5. The van der Waals surface area contributed by atoms with Crippen LogP contribution in [-0.2, 0) is 0 Å². The monoisotopic (exact) mass is 258 g/mol. The molecule has 0 radical (unpaired) electrons. The van der Waals surface area contributed by atoms with Gasteiger partial charge in [-0.05, 0) is 12.8 Å². The summed E-state index contributed by atoms with van der Waals surface area (Å²) in [4.78, 5) is 12.0. The lowest BCUT2D eigenvalue weighted by Crippen LogP contribution is -2.35. The number of nitrogens with zero attached hydrogens (tertiary/aromatic N) is 1. The van der Waals surface area contributed by atoms with Gasteiger partial charge in [-0.3, -0.25) is 4.79 Å². The van der Waals surface area contributed by atoms with Crippen LogP contribution >= 0.6 is 0 Å². The van der Waals surface area contributed by atoms with Gasteiger partial charge >= 0.3 is 0 Å². The first kappa shape index (κ1) is 13.3. The largest absolute Gasteiger partial charge is 0.350 e.